The molecule has 3 rings (SSSR count). The average molecular weight is 327 g/mol. The highest BCUT2D eigenvalue weighted by atomic mass is 32.2. The van der Waals surface area contributed by atoms with Gasteiger partial charge >= 0.3 is 0 Å². The molecule has 22 heavy (non-hydrogen) atoms. The first-order chi connectivity index (χ1) is 10.6. The number of carbonyl (C=O) groups is 1. The van der Waals surface area contributed by atoms with Gasteiger partial charge in [0.2, 0.25) is 0 Å². The van der Waals surface area contributed by atoms with E-state index in [1.807, 2.05) is 37.3 Å². The van der Waals surface area contributed by atoms with Crippen LogP contribution in [0.2, 0.25) is 0 Å². The van der Waals surface area contributed by atoms with E-state index in [0.717, 1.165) is 11.3 Å². The van der Waals surface area contributed by atoms with Gasteiger partial charge in [-0.25, -0.2) is 0 Å². The van der Waals surface area contributed by atoms with Crippen molar-refractivity contribution in [1.29, 1.82) is 0 Å². The van der Waals surface area contributed by atoms with Gasteiger partial charge in [-0.15, -0.1) is 0 Å². The van der Waals surface area contributed by atoms with Crippen LogP contribution in [0.25, 0.3) is 6.08 Å². The molecule has 1 N–H and O–H groups in total. The summed E-state index contributed by atoms with van der Waals surface area (Å²) in [5.74, 6) is -0.0211. The largest absolute Gasteiger partial charge is 0.507 e. The van der Waals surface area contributed by atoms with E-state index in [1.54, 1.807) is 24.3 Å². The van der Waals surface area contributed by atoms with Crippen LogP contribution in [-0.2, 0) is 4.79 Å². The molecule has 1 aliphatic rings. The molecule has 1 saturated heterocycles. The normalized spacial score (nSPS) is 16.6. The number of phenols is 1. The molecule has 0 aliphatic carbocycles. The number of phenolic OH excluding ortho intramolecular Hbond substituents is 1. The molecule has 1 amide bonds. The molecule has 1 heterocycles. The molecule has 0 aromatic heterocycles. The van der Waals surface area contributed by atoms with Gasteiger partial charge in [-0.2, -0.15) is 0 Å². The fraction of sp³-hybridized carbons (Fsp3) is 0.0588. The third kappa shape index (κ3) is 2.77. The van der Waals surface area contributed by atoms with Crippen LogP contribution in [0.15, 0.2) is 53.4 Å². The molecular formula is C17H13NO2S2. The Balaban J connectivity index is 1.97. The minimum Gasteiger partial charge on any atom is -0.507 e. The highest BCUT2D eigenvalue weighted by Gasteiger charge is 2.33. The van der Waals surface area contributed by atoms with Crippen molar-refractivity contribution in [2.45, 2.75) is 6.92 Å². The molecule has 1 fully saturated rings. The second-order valence-corrected chi connectivity index (χ2v) is 6.59. The highest BCUT2D eigenvalue weighted by Crippen LogP contribution is 2.37. The number of aromatic hydroxyl groups is 1. The van der Waals surface area contributed by atoms with Crippen molar-refractivity contribution in [2.75, 3.05) is 4.90 Å². The number of aryl methyl sites for hydroxylation is 1. The molecule has 0 unspecified atom stereocenters. The van der Waals surface area contributed by atoms with E-state index in [4.69, 9.17) is 12.2 Å². The summed E-state index contributed by atoms with van der Waals surface area (Å²) in [6.07, 6.45) is 1.67. The lowest BCUT2D eigenvalue weighted by atomic mass is 10.2. The third-order valence-electron chi connectivity index (χ3n) is 3.28. The molecular weight excluding hydrogens is 314 g/mol. The van der Waals surface area contributed by atoms with Crippen molar-refractivity contribution >= 4 is 46.0 Å². The average Bonchev–Trinajstić information content (AvgIpc) is 2.76. The molecule has 2 aromatic rings. The van der Waals surface area contributed by atoms with Crippen LogP contribution >= 0.6 is 24.0 Å². The highest BCUT2D eigenvalue weighted by molar-refractivity contribution is 8.27. The molecule has 0 bridgehead atoms. The Hall–Kier alpha value is -2.11. The van der Waals surface area contributed by atoms with E-state index in [1.165, 1.54) is 16.7 Å². The zero-order valence-electron chi connectivity index (χ0n) is 11.8. The summed E-state index contributed by atoms with van der Waals surface area (Å²) in [6.45, 7) is 1.97. The number of hydrogen-bond acceptors (Lipinski definition) is 4. The molecule has 0 atom stereocenters. The molecule has 1 aliphatic heterocycles. The number of anilines is 1. The van der Waals surface area contributed by atoms with Crippen molar-refractivity contribution < 1.29 is 9.90 Å². The maximum Gasteiger partial charge on any atom is 0.270 e. The van der Waals surface area contributed by atoms with Crippen LogP contribution in [0.3, 0.4) is 0 Å². The van der Waals surface area contributed by atoms with Crippen molar-refractivity contribution in [1.82, 2.24) is 0 Å². The monoisotopic (exact) mass is 327 g/mol. The number of amides is 1. The number of thiocarbonyl (C=S) groups is 1. The van der Waals surface area contributed by atoms with E-state index in [2.05, 4.69) is 0 Å². The SMILES string of the molecule is Cc1cccc(N2C(=O)/C(=C\c3ccccc3O)SC2=S)c1. The number of benzene rings is 2. The lowest BCUT2D eigenvalue weighted by Crippen LogP contribution is -2.27. The summed E-state index contributed by atoms with van der Waals surface area (Å²) >= 11 is 6.58. The van der Waals surface area contributed by atoms with Crippen molar-refractivity contribution in [3.63, 3.8) is 0 Å². The predicted octanol–water partition coefficient (Wildman–Crippen LogP) is 4.11. The Morgan fingerprint density at radius 1 is 1.18 bits per heavy atom. The van der Waals surface area contributed by atoms with Crippen LogP contribution in [0.1, 0.15) is 11.1 Å². The van der Waals surface area contributed by atoms with Gasteiger partial charge in [-0.3, -0.25) is 9.69 Å². The third-order valence-corrected chi connectivity index (χ3v) is 4.58. The van der Waals surface area contributed by atoms with Crippen LogP contribution in [-0.4, -0.2) is 15.3 Å². The van der Waals surface area contributed by atoms with Crippen LogP contribution in [0.4, 0.5) is 5.69 Å². The summed E-state index contributed by atoms with van der Waals surface area (Å²) in [6, 6.07) is 14.6. The maximum atomic E-state index is 12.6. The van der Waals surface area contributed by atoms with Crippen LogP contribution in [0, 0.1) is 6.92 Å². The van der Waals surface area contributed by atoms with Gasteiger partial charge in [0, 0.05) is 5.56 Å². The Morgan fingerprint density at radius 2 is 1.95 bits per heavy atom. The number of hydrogen-bond donors (Lipinski definition) is 1. The number of rotatable bonds is 2. The first kappa shape index (κ1) is 14.8. The van der Waals surface area contributed by atoms with Crippen molar-refractivity contribution in [2.24, 2.45) is 0 Å². The van der Waals surface area contributed by atoms with Gasteiger partial charge in [0.25, 0.3) is 5.91 Å². The summed E-state index contributed by atoms with van der Waals surface area (Å²) < 4.78 is 0.497. The topological polar surface area (TPSA) is 40.5 Å². The molecule has 3 nitrogen and oxygen atoms in total. The van der Waals surface area contributed by atoms with Crippen molar-refractivity contribution in [3.8, 4) is 5.75 Å². The molecule has 0 spiro atoms. The second-order valence-electron chi connectivity index (χ2n) is 4.91. The smallest absolute Gasteiger partial charge is 0.270 e. The Kier molecular flexibility index (Phi) is 4.00. The van der Waals surface area contributed by atoms with Crippen molar-refractivity contribution in [3.05, 3.63) is 64.6 Å². The van der Waals surface area contributed by atoms with Gasteiger partial charge in [-0.1, -0.05) is 54.3 Å². The van der Waals surface area contributed by atoms with E-state index >= 15 is 0 Å². The quantitative estimate of drug-likeness (QED) is 0.666. The maximum absolute atomic E-state index is 12.6. The van der Waals surface area contributed by atoms with Crippen LogP contribution in [0.5, 0.6) is 5.75 Å². The minimum absolute atomic E-state index is 0.142. The van der Waals surface area contributed by atoms with E-state index in [-0.39, 0.29) is 11.7 Å². The van der Waals surface area contributed by atoms with Gasteiger partial charge in [0.05, 0.1) is 10.6 Å². The molecule has 110 valence electrons. The molecule has 0 saturated carbocycles. The Bertz CT molecular complexity index is 799. The van der Waals surface area contributed by atoms with Crippen LogP contribution < -0.4 is 4.90 Å². The molecule has 2 aromatic carbocycles. The fourth-order valence-electron chi connectivity index (χ4n) is 2.21. The van der Waals surface area contributed by atoms with E-state index in [9.17, 15) is 9.90 Å². The Morgan fingerprint density at radius 3 is 2.68 bits per heavy atom. The first-order valence-electron chi connectivity index (χ1n) is 6.69. The second kappa shape index (κ2) is 5.94. The number of para-hydroxylation sites is 1. The van der Waals surface area contributed by atoms with Gasteiger partial charge < -0.3 is 5.11 Å². The Labute approximate surface area is 138 Å². The first-order valence-corrected chi connectivity index (χ1v) is 7.91. The number of thioether (sulfide) groups is 1. The molecule has 5 heteroatoms. The zero-order chi connectivity index (χ0) is 15.7. The standard InChI is InChI=1S/C17H13NO2S2/c1-11-5-4-7-13(9-11)18-16(20)15(22-17(18)21)10-12-6-2-3-8-14(12)19/h2-10,19H,1H3/b15-10+. The predicted molar refractivity (Wildman–Crippen MR) is 94.9 cm³/mol. The molecule has 0 radical (unpaired) electrons. The summed E-state index contributed by atoms with van der Waals surface area (Å²) in [5, 5.41) is 9.83. The summed E-state index contributed by atoms with van der Waals surface area (Å²) in [5.41, 5.74) is 2.44. The van der Waals surface area contributed by atoms with E-state index in [0.29, 0.717) is 14.8 Å². The lowest BCUT2D eigenvalue weighted by molar-refractivity contribution is -0.113. The van der Waals surface area contributed by atoms with E-state index < -0.39 is 0 Å². The van der Waals surface area contributed by atoms with Gasteiger partial charge in [0.1, 0.15) is 5.75 Å². The fourth-order valence-corrected chi connectivity index (χ4v) is 3.50. The number of carbonyl (C=O) groups excluding carboxylic acids is 1. The zero-order valence-corrected chi connectivity index (χ0v) is 13.4. The summed E-state index contributed by atoms with van der Waals surface area (Å²) in [4.78, 5) is 14.6. The minimum atomic E-state index is -0.163. The van der Waals surface area contributed by atoms with Gasteiger partial charge in [0.15, 0.2) is 4.32 Å². The lowest BCUT2D eigenvalue weighted by Gasteiger charge is -2.14. The summed E-state index contributed by atoms with van der Waals surface area (Å²) in [7, 11) is 0. The van der Waals surface area contributed by atoms with Gasteiger partial charge in [-0.05, 0) is 36.8 Å². The number of nitrogens with zero attached hydrogens (tertiary/aromatic N) is 1.